The van der Waals surface area contributed by atoms with E-state index in [2.05, 4.69) is 25.8 Å². The molecule has 0 spiro atoms. The van der Waals surface area contributed by atoms with Crippen LogP contribution < -0.4 is 0 Å². The molecule has 1 N–H and O–H groups in total. The molecule has 0 aliphatic carbocycles. The number of aromatic carboxylic acids is 1. The highest BCUT2D eigenvalue weighted by Crippen LogP contribution is 2.40. The molecule has 1 aliphatic heterocycles. The van der Waals surface area contributed by atoms with Crippen LogP contribution in [-0.2, 0) is 0 Å². The molecule has 5 nitrogen and oxygen atoms in total. The number of nitrogens with zero attached hydrogens (tertiary/aromatic N) is 3. The average Bonchev–Trinajstić information content (AvgIpc) is 3.07. The van der Waals surface area contributed by atoms with Crippen LogP contribution in [-0.4, -0.2) is 40.4 Å². The quantitative estimate of drug-likeness (QED) is 0.392. The summed E-state index contributed by atoms with van der Waals surface area (Å²) in [5, 5.41) is 10.5. The molecular formula is C21H20BrN3O2S. The average molecular weight is 458 g/mol. The molecule has 0 bridgehead atoms. The summed E-state index contributed by atoms with van der Waals surface area (Å²) in [6.07, 6.45) is 5.35. The van der Waals surface area contributed by atoms with Crippen molar-refractivity contribution in [3.63, 3.8) is 0 Å². The predicted octanol–water partition coefficient (Wildman–Crippen LogP) is 5.88. The van der Waals surface area contributed by atoms with Crippen LogP contribution in [0.1, 0.15) is 34.5 Å². The van der Waals surface area contributed by atoms with Gasteiger partial charge in [0, 0.05) is 28.5 Å². The molecule has 1 fully saturated rings. The first-order chi connectivity index (χ1) is 13.5. The Morgan fingerprint density at radius 2 is 1.96 bits per heavy atom. The van der Waals surface area contributed by atoms with E-state index in [0.717, 1.165) is 52.6 Å². The summed E-state index contributed by atoms with van der Waals surface area (Å²) in [4.78, 5) is 24.3. The minimum absolute atomic E-state index is 0.242. The Morgan fingerprint density at radius 3 is 2.64 bits per heavy atom. The van der Waals surface area contributed by atoms with Crippen molar-refractivity contribution in [2.45, 2.75) is 26.2 Å². The summed E-state index contributed by atoms with van der Waals surface area (Å²) in [5.41, 5.74) is 3.34. The fourth-order valence-electron chi connectivity index (χ4n) is 3.47. The highest BCUT2D eigenvalue weighted by Gasteiger charge is 2.21. The lowest BCUT2D eigenvalue weighted by Gasteiger charge is -2.23. The SMILES string of the molecule is Cc1cc(-c2ccc(Br)cc2)nc2sc(C(=O)O)c(N=CN3CCCCC3)c12. The van der Waals surface area contributed by atoms with Crippen LogP contribution in [0, 0.1) is 6.92 Å². The van der Waals surface area contributed by atoms with Crippen molar-refractivity contribution in [2.75, 3.05) is 13.1 Å². The molecular weight excluding hydrogens is 438 g/mol. The summed E-state index contributed by atoms with van der Waals surface area (Å²) >= 11 is 4.64. The summed E-state index contributed by atoms with van der Waals surface area (Å²) in [7, 11) is 0. The number of hydrogen-bond donors (Lipinski definition) is 1. The molecule has 0 amide bonds. The summed E-state index contributed by atoms with van der Waals surface area (Å²) < 4.78 is 1.01. The van der Waals surface area contributed by atoms with Crippen molar-refractivity contribution in [2.24, 2.45) is 4.99 Å². The first kappa shape index (κ1) is 19.1. The molecule has 144 valence electrons. The van der Waals surface area contributed by atoms with Gasteiger partial charge in [0.05, 0.1) is 17.7 Å². The number of carboxylic acids is 1. The van der Waals surface area contributed by atoms with Crippen molar-refractivity contribution in [3.05, 3.63) is 45.2 Å². The van der Waals surface area contributed by atoms with E-state index in [9.17, 15) is 9.90 Å². The first-order valence-electron chi connectivity index (χ1n) is 9.24. The highest BCUT2D eigenvalue weighted by molar-refractivity contribution is 9.10. The van der Waals surface area contributed by atoms with Crippen molar-refractivity contribution in [1.82, 2.24) is 9.88 Å². The maximum absolute atomic E-state index is 11.8. The molecule has 0 atom stereocenters. The van der Waals surface area contributed by atoms with Gasteiger partial charge in [-0.25, -0.2) is 14.8 Å². The number of thiophene rings is 1. The smallest absolute Gasteiger partial charge is 0.348 e. The van der Waals surface area contributed by atoms with Gasteiger partial charge < -0.3 is 10.0 Å². The third-order valence-corrected chi connectivity index (χ3v) is 6.50. The van der Waals surface area contributed by atoms with Crippen molar-refractivity contribution >= 4 is 55.5 Å². The third-order valence-electron chi connectivity index (χ3n) is 4.91. The van der Waals surface area contributed by atoms with E-state index in [-0.39, 0.29) is 4.88 Å². The number of fused-ring (bicyclic) bond motifs is 1. The molecule has 0 saturated carbocycles. The number of rotatable bonds is 4. The number of aliphatic imine (C=N–C) groups is 1. The number of halogens is 1. The van der Waals surface area contributed by atoms with E-state index in [4.69, 9.17) is 4.98 Å². The molecule has 3 aromatic rings. The summed E-state index contributed by atoms with van der Waals surface area (Å²) in [6.45, 7) is 3.93. The van der Waals surface area contributed by atoms with Gasteiger partial charge in [-0.15, -0.1) is 11.3 Å². The molecule has 28 heavy (non-hydrogen) atoms. The number of piperidine rings is 1. The second-order valence-corrected chi connectivity index (χ2v) is 8.85. The van der Waals surface area contributed by atoms with Gasteiger partial charge >= 0.3 is 5.97 Å². The number of benzene rings is 1. The van der Waals surface area contributed by atoms with Gasteiger partial charge in [-0.3, -0.25) is 0 Å². The Morgan fingerprint density at radius 1 is 1.25 bits per heavy atom. The van der Waals surface area contributed by atoms with Gasteiger partial charge in [-0.2, -0.15) is 0 Å². The number of carboxylic acid groups (broad SMARTS) is 1. The van der Waals surface area contributed by atoms with E-state index in [1.54, 1.807) is 6.34 Å². The van der Waals surface area contributed by atoms with Gasteiger partial charge in [-0.05, 0) is 49.9 Å². The zero-order valence-corrected chi connectivity index (χ0v) is 17.9. The molecule has 1 aromatic carbocycles. The van der Waals surface area contributed by atoms with E-state index in [0.29, 0.717) is 10.5 Å². The fourth-order valence-corrected chi connectivity index (χ4v) is 4.77. The number of likely N-dealkylation sites (tertiary alicyclic amines) is 1. The normalized spacial score (nSPS) is 14.9. The topological polar surface area (TPSA) is 65.8 Å². The second-order valence-electron chi connectivity index (χ2n) is 6.94. The second kappa shape index (κ2) is 8.01. The Balaban J connectivity index is 1.80. The van der Waals surface area contributed by atoms with Crippen LogP contribution in [0.25, 0.3) is 21.5 Å². The zero-order chi connectivity index (χ0) is 19.7. The predicted molar refractivity (Wildman–Crippen MR) is 118 cm³/mol. The maximum atomic E-state index is 11.8. The molecule has 4 rings (SSSR count). The van der Waals surface area contributed by atoms with Gasteiger partial charge in [0.25, 0.3) is 0 Å². The number of carbonyl (C=O) groups is 1. The lowest BCUT2D eigenvalue weighted by molar-refractivity contribution is 0.0703. The third kappa shape index (κ3) is 3.82. The molecule has 0 unspecified atom stereocenters. The van der Waals surface area contributed by atoms with E-state index in [1.807, 2.05) is 37.3 Å². The summed E-state index contributed by atoms with van der Waals surface area (Å²) in [5.74, 6) is -0.960. The Kier molecular flexibility index (Phi) is 5.46. The molecule has 2 aromatic heterocycles. The Bertz CT molecular complexity index is 1050. The minimum Gasteiger partial charge on any atom is -0.477 e. The minimum atomic E-state index is -0.960. The Labute approximate surface area is 175 Å². The Hall–Kier alpha value is -2.25. The maximum Gasteiger partial charge on any atom is 0.348 e. The van der Waals surface area contributed by atoms with Crippen LogP contribution in [0.4, 0.5) is 5.69 Å². The monoisotopic (exact) mass is 457 g/mol. The van der Waals surface area contributed by atoms with Gasteiger partial charge in [0.1, 0.15) is 9.71 Å². The highest BCUT2D eigenvalue weighted by atomic mass is 79.9. The standard InChI is InChI=1S/C21H20BrN3O2S/c1-13-11-16(14-5-7-15(22)8-6-14)24-20-17(13)18(19(28-20)21(26)27)23-12-25-9-3-2-4-10-25/h5-8,11-12H,2-4,9-10H2,1H3,(H,26,27). The number of pyridine rings is 1. The fraction of sp³-hybridized carbons (Fsp3) is 0.286. The molecule has 1 saturated heterocycles. The number of aryl methyl sites for hydroxylation is 1. The molecule has 7 heteroatoms. The van der Waals surface area contributed by atoms with E-state index < -0.39 is 5.97 Å². The number of aromatic nitrogens is 1. The lowest BCUT2D eigenvalue weighted by Crippen LogP contribution is -2.28. The molecule has 1 aliphatic rings. The zero-order valence-electron chi connectivity index (χ0n) is 15.5. The first-order valence-corrected chi connectivity index (χ1v) is 10.9. The molecule has 0 radical (unpaired) electrons. The van der Waals surface area contributed by atoms with Crippen LogP contribution in [0.15, 0.2) is 39.8 Å². The lowest BCUT2D eigenvalue weighted by atomic mass is 10.1. The van der Waals surface area contributed by atoms with E-state index in [1.165, 1.54) is 17.8 Å². The summed E-state index contributed by atoms with van der Waals surface area (Å²) in [6, 6.07) is 9.95. The number of hydrogen-bond acceptors (Lipinski definition) is 4. The van der Waals surface area contributed by atoms with Crippen LogP contribution in [0.2, 0.25) is 0 Å². The van der Waals surface area contributed by atoms with Gasteiger partial charge in [0.15, 0.2) is 0 Å². The van der Waals surface area contributed by atoms with Crippen LogP contribution in [0.3, 0.4) is 0 Å². The van der Waals surface area contributed by atoms with E-state index >= 15 is 0 Å². The van der Waals surface area contributed by atoms with Crippen LogP contribution in [0.5, 0.6) is 0 Å². The van der Waals surface area contributed by atoms with Crippen molar-refractivity contribution in [1.29, 1.82) is 0 Å². The van der Waals surface area contributed by atoms with Crippen molar-refractivity contribution in [3.8, 4) is 11.3 Å². The largest absolute Gasteiger partial charge is 0.477 e. The van der Waals surface area contributed by atoms with Crippen molar-refractivity contribution < 1.29 is 9.90 Å². The van der Waals surface area contributed by atoms with Gasteiger partial charge in [0.2, 0.25) is 0 Å². The molecule has 3 heterocycles. The van der Waals surface area contributed by atoms with Gasteiger partial charge in [-0.1, -0.05) is 28.1 Å². The van der Waals surface area contributed by atoms with Crippen LogP contribution >= 0.6 is 27.3 Å².